The van der Waals surface area contributed by atoms with Crippen molar-refractivity contribution in [3.05, 3.63) is 73.4 Å². The zero-order chi connectivity index (χ0) is 20.2. The number of nitrogens with zero attached hydrogens (tertiary/aromatic N) is 10. The third kappa shape index (κ3) is 4.12. The van der Waals surface area contributed by atoms with E-state index in [1.807, 2.05) is 0 Å². The first-order valence-corrected chi connectivity index (χ1v) is 8.92. The molecule has 1 aromatic rings. The maximum atomic E-state index is 4.37. The van der Waals surface area contributed by atoms with Gasteiger partial charge in [0.25, 0.3) is 0 Å². The molecule has 30 heavy (non-hydrogen) atoms. The normalized spacial score (nSPS) is 19.7. The summed E-state index contributed by atoms with van der Waals surface area (Å²) in [6, 6.07) is 0. The van der Waals surface area contributed by atoms with Gasteiger partial charge < -0.3 is 0 Å². The van der Waals surface area contributed by atoms with E-state index in [0.29, 0.717) is 46.7 Å². The van der Waals surface area contributed by atoms with Crippen LogP contribution in [-0.4, -0.2) is 56.7 Å². The van der Waals surface area contributed by atoms with Gasteiger partial charge in [-0.25, -0.2) is 39.9 Å². The summed E-state index contributed by atoms with van der Waals surface area (Å²) in [5, 5.41) is 0. The van der Waals surface area contributed by atoms with Crippen LogP contribution >= 0.6 is 0 Å². The van der Waals surface area contributed by atoms with Gasteiger partial charge in [0.05, 0.1) is 0 Å². The number of hydrogen-bond acceptors (Lipinski definition) is 10. The van der Waals surface area contributed by atoms with Crippen LogP contribution < -0.4 is 0 Å². The van der Waals surface area contributed by atoms with E-state index < -0.39 is 0 Å². The highest BCUT2D eigenvalue weighted by Crippen LogP contribution is 2.10. The molecule has 0 spiro atoms. The van der Waals surface area contributed by atoms with Crippen LogP contribution in [0.2, 0.25) is 0 Å². The summed E-state index contributed by atoms with van der Waals surface area (Å²) in [6.45, 7) is 0. The Morgan fingerprint density at radius 2 is 0.433 bits per heavy atom. The average Bonchev–Trinajstić information content (AvgIpc) is 3.56. The second-order valence-corrected chi connectivity index (χ2v) is 5.99. The largest absolute Gasteiger partial charge is 0.262 e. The Balaban J connectivity index is 0.000000279. The van der Waals surface area contributed by atoms with Gasteiger partial charge in [-0.1, -0.05) is 0 Å². The van der Waals surface area contributed by atoms with E-state index in [1.165, 1.54) is 0 Å². The zero-order valence-corrected chi connectivity index (χ0v) is 15.4. The number of aliphatic imine (C=N–C) groups is 8. The molecule has 142 valence electrons. The lowest BCUT2D eigenvalue weighted by molar-refractivity contribution is 1.20. The molecule has 0 saturated heterocycles. The van der Waals surface area contributed by atoms with Gasteiger partial charge in [0.1, 0.15) is 0 Å². The Labute approximate surface area is 170 Å². The summed E-state index contributed by atoms with van der Waals surface area (Å²) in [5.41, 5.74) is 0. The molecular formula is C20H12N10. The summed E-state index contributed by atoms with van der Waals surface area (Å²) in [7, 11) is 0. The molecule has 8 bridgehead atoms. The van der Waals surface area contributed by atoms with E-state index in [4.69, 9.17) is 0 Å². The predicted molar refractivity (Wildman–Crippen MR) is 118 cm³/mol. The van der Waals surface area contributed by atoms with Crippen molar-refractivity contribution in [3.63, 3.8) is 0 Å². The van der Waals surface area contributed by atoms with Crippen LogP contribution in [0, 0.1) is 0 Å². The third-order valence-corrected chi connectivity index (χ3v) is 3.84. The minimum atomic E-state index is 0.538. The standard InChI is InChI=1S/C16H8N8.C4H4N2/c1-2-10-17-9(1)21-11-3-4-13(18-11)23-15-7-8-16(20-15)24-14-6-5-12(19-14)22-10;1-2-6-4-3-5-1/h1-8H;1-4H. The van der Waals surface area contributed by atoms with E-state index >= 15 is 0 Å². The maximum absolute atomic E-state index is 4.37. The van der Waals surface area contributed by atoms with E-state index in [-0.39, 0.29) is 0 Å². The van der Waals surface area contributed by atoms with Crippen LogP contribution in [0.5, 0.6) is 0 Å². The van der Waals surface area contributed by atoms with Crippen molar-refractivity contribution in [1.82, 2.24) is 9.97 Å². The number of fused-ring (bicyclic) bond motifs is 4. The first-order chi connectivity index (χ1) is 14.8. The fourth-order valence-corrected chi connectivity index (χ4v) is 2.58. The number of amidine groups is 8. The Morgan fingerprint density at radius 3 is 0.567 bits per heavy atom. The SMILES string of the molecule is C1=CC2=NC3=NC(=NC4=NC(=NC5=NC(=NC1=N2)C=C5)C=C4)C=C3.c1cnccn1. The van der Waals surface area contributed by atoms with Gasteiger partial charge >= 0.3 is 0 Å². The van der Waals surface area contributed by atoms with Gasteiger partial charge in [-0.15, -0.1) is 0 Å². The lowest BCUT2D eigenvalue weighted by Gasteiger charge is -1.92. The fourth-order valence-electron chi connectivity index (χ4n) is 2.58. The van der Waals surface area contributed by atoms with Crippen molar-refractivity contribution in [2.45, 2.75) is 0 Å². The third-order valence-electron chi connectivity index (χ3n) is 3.84. The Kier molecular flexibility index (Phi) is 4.55. The fraction of sp³-hybridized carbons (Fsp3) is 0. The van der Waals surface area contributed by atoms with Crippen molar-refractivity contribution in [3.8, 4) is 0 Å². The molecule has 0 aromatic carbocycles. The molecule has 0 atom stereocenters. The number of aromatic nitrogens is 2. The molecule has 6 heterocycles. The molecule has 0 unspecified atom stereocenters. The second kappa shape index (κ2) is 7.80. The van der Waals surface area contributed by atoms with Gasteiger partial charge in [0.15, 0.2) is 46.7 Å². The van der Waals surface area contributed by atoms with Gasteiger partial charge in [-0.05, 0) is 48.6 Å². The topological polar surface area (TPSA) is 125 Å². The first kappa shape index (κ1) is 17.5. The van der Waals surface area contributed by atoms with Gasteiger partial charge in [-0.3, -0.25) is 9.97 Å². The molecule has 10 nitrogen and oxygen atoms in total. The molecule has 5 aliphatic rings. The zero-order valence-electron chi connectivity index (χ0n) is 15.4. The Bertz CT molecular complexity index is 1050. The molecule has 1 aromatic heterocycles. The molecule has 0 N–H and O–H groups in total. The molecule has 0 amide bonds. The van der Waals surface area contributed by atoms with Crippen LogP contribution in [0.15, 0.2) is 113 Å². The smallest absolute Gasteiger partial charge is 0.156 e. The summed E-state index contributed by atoms with van der Waals surface area (Å²) in [5.74, 6) is 4.30. The lowest BCUT2D eigenvalue weighted by atomic mass is 10.4. The van der Waals surface area contributed by atoms with Crippen molar-refractivity contribution >= 4 is 46.7 Å². The number of hydrogen-bond donors (Lipinski definition) is 0. The monoisotopic (exact) mass is 392 g/mol. The molecule has 0 fully saturated rings. The summed E-state index contributed by atoms with van der Waals surface area (Å²) >= 11 is 0. The van der Waals surface area contributed by atoms with E-state index in [2.05, 4.69) is 49.9 Å². The number of rotatable bonds is 0. The minimum absolute atomic E-state index is 0.538. The van der Waals surface area contributed by atoms with Gasteiger partial charge in [0, 0.05) is 24.8 Å². The lowest BCUT2D eigenvalue weighted by Crippen LogP contribution is -1.98. The molecule has 0 radical (unpaired) electrons. The van der Waals surface area contributed by atoms with Crippen LogP contribution in [0.1, 0.15) is 0 Å². The predicted octanol–water partition coefficient (Wildman–Crippen LogP) is 1.94. The van der Waals surface area contributed by atoms with Crippen LogP contribution in [0.3, 0.4) is 0 Å². The second-order valence-electron chi connectivity index (χ2n) is 5.99. The maximum Gasteiger partial charge on any atom is 0.156 e. The first-order valence-electron chi connectivity index (χ1n) is 8.92. The minimum Gasteiger partial charge on any atom is -0.262 e. The summed E-state index contributed by atoms with van der Waals surface area (Å²) in [4.78, 5) is 42.2. The highest BCUT2D eigenvalue weighted by molar-refractivity contribution is 6.28. The van der Waals surface area contributed by atoms with Crippen LogP contribution in [-0.2, 0) is 0 Å². The van der Waals surface area contributed by atoms with Crippen molar-refractivity contribution in [2.24, 2.45) is 39.9 Å². The van der Waals surface area contributed by atoms with Crippen molar-refractivity contribution < 1.29 is 0 Å². The van der Waals surface area contributed by atoms with Gasteiger partial charge in [-0.2, -0.15) is 0 Å². The Morgan fingerprint density at radius 1 is 0.267 bits per heavy atom. The molecule has 6 rings (SSSR count). The van der Waals surface area contributed by atoms with Crippen molar-refractivity contribution in [2.75, 3.05) is 0 Å². The van der Waals surface area contributed by atoms with Gasteiger partial charge in [0.2, 0.25) is 0 Å². The summed E-state index contributed by atoms with van der Waals surface area (Å²) in [6.07, 6.45) is 20.8. The molecule has 5 aliphatic heterocycles. The van der Waals surface area contributed by atoms with E-state index in [9.17, 15) is 0 Å². The van der Waals surface area contributed by atoms with Crippen LogP contribution in [0.25, 0.3) is 0 Å². The molecule has 0 saturated carbocycles. The van der Waals surface area contributed by atoms with E-state index in [1.54, 1.807) is 73.4 Å². The highest BCUT2D eigenvalue weighted by atomic mass is 15.1. The molecular weight excluding hydrogens is 380 g/mol. The van der Waals surface area contributed by atoms with Crippen LogP contribution in [0.4, 0.5) is 0 Å². The molecule has 0 aliphatic carbocycles. The Hall–Kier alpha value is -4.60. The highest BCUT2D eigenvalue weighted by Gasteiger charge is 2.13. The summed E-state index contributed by atoms with van der Waals surface area (Å²) < 4.78 is 0. The quantitative estimate of drug-likeness (QED) is 0.669. The average molecular weight is 392 g/mol. The molecule has 10 heteroatoms. The van der Waals surface area contributed by atoms with Crippen molar-refractivity contribution in [1.29, 1.82) is 0 Å². The van der Waals surface area contributed by atoms with E-state index in [0.717, 1.165) is 0 Å².